The number of hydrogen-bond acceptors (Lipinski definition) is 7. The molecule has 3 aliphatic rings. The third kappa shape index (κ3) is 4.11. The first kappa shape index (κ1) is 23.0. The van der Waals surface area contributed by atoms with E-state index in [4.69, 9.17) is 25.4 Å². The van der Waals surface area contributed by atoms with Crippen LogP contribution in [0.2, 0.25) is 0 Å². The second kappa shape index (κ2) is 8.78. The Balaban J connectivity index is 1.60. The van der Waals surface area contributed by atoms with Crippen molar-refractivity contribution in [2.45, 2.75) is 88.1 Å². The van der Waals surface area contributed by atoms with Crippen molar-refractivity contribution in [3.05, 3.63) is 33.7 Å². The van der Waals surface area contributed by atoms with Gasteiger partial charge in [-0.15, -0.1) is 0 Å². The van der Waals surface area contributed by atoms with Crippen molar-refractivity contribution in [1.82, 2.24) is 0 Å². The number of rotatable bonds is 6. The molecule has 2 aromatic rings. The summed E-state index contributed by atoms with van der Waals surface area (Å²) in [6.45, 7) is 2.01. The Bertz CT molecular complexity index is 1160. The summed E-state index contributed by atoms with van der Waals surface area (Å²) in [5.74, 6) is 1.11. The van der Waals surface area contributed by atoms with Gasteiger partial charge in [-0.3, -0.25) is 9.79 Å². The summed E-state index contributed by atoms with van der Waals surface area (Å²) in [4.78, 5) is 17.2. The summed E-state index contributed by atoms with van der Waals surface area (Å²) in [6, 6.07) is 3.02. The molecule has 0 amide bonds. The molecule has 184 valence electrons. The van der Waals surface area contributed by atoms with Crippen molar-refractivity contribution < 1.29 is 24.1 Å². The Labute approximate surface area is 197 Å². The predicted molar refractivity (Wildman–Crippen MR) is 127 cm³/mol. The Kier molecular flexibility index (Phi) is 5.93. The van der Waals surface area contributed by atoms with E-state index in [0.29, 0.717) is 28.9 Å². The lowest BCUT2D eigenvalue weighted by Gasteiger charge is -2.37. The van der Waals surface area contributed by atoms with Crippen molar-refractivity contribution in [3.8, 4) is 11.5 Å². The highest BCUT2D eigenvalue weighted by atomic mass is 16.5. The van der Waals surface area contributed by atoms with E-state index in [9.17, 15) is 15.0 Å². The average molecular weight is 472 g/mol. The molecule has 0 saturated heterocycles. The van der Waals surface area contributed by atoms with Crippen LogP contribution in [0.15, 0.2) is 26.3 Å². The lowest BCUT2D eigenvalue weighted by Crippen LogP contribution is -2.47. The SMILES string of the molecule is C[C@]1(O)CCC[C@H]2c3c(cc4oc([C@H](O)CCN=C(N)N)cc(=O)c4c3OC3CCCC3)O[C@@H]21. The number of benzene rings is 1. The van der Waals surface area contributed by atoms with Crippen LogP contribution in [-0.2, 0) is 0 Å². The minimum Gasteiger partial charge on any atom is -0.489 e. The first-order valence-electron chi connectivity index (χ1n) is 12.2. The van der Waals surface area contributed by atoms with Crippen LogP contribution in [0.1, 0.15) is 81.6 Å². The summed E-state index contributed by atoms with van der Waals surface area (Å²) in [5, 5.41) is 21.9. The van der Waals surface area contributed by atoms with E-state index in [2.05, 4.69) is 4.99 Å². The molecule has 2 heterocycles. The predicted octanol–water partition coefficient (Wildman–Crippen LogP) is 2.59. The van der Waals surface area contributed by atoms with Crippen LogP contribution in [0.25, 0.3) is 11.0 Å². The number of hydrogen-bond donors (Lipinski definition) is 4. The average Bonchev–Trinajstić information content (AvgIpc) is 3.41. The normalized spacial score (nSPS) is 27.1. The summed E-state index contributed by atoms with van der Waals surface area (Å²) in [6.07, 6.45) is 5.22. The smallest absolute Gasteiger partial charge is 0.196 e. The van der Waals surface area contributed by atoms with Gasteiger partial charge in [-0.2, -0.15) is 0 Å². The zero-order valence-electron chi connectivity index (χ0n) is 19.5. The summed E-state index contributed by atoms with van der Waals surface area (Å²) in [7, 11) is 0. The van der Waals surface area contributed by atoms with Gasteiger partial charge >= 0.3 is 0 Å². The van der Waals surface area contributed by atoms with Crippen LogP contribution < -0.4 is 26.4 Å². The van der Waals surface area contributed by atoms with Gasteiger partial charge in [0, 0.05) is 36.6 Å². The van der Waals surface area contributed by atoms with Crippen molar-refractivity contribution in [2.24, 2.45) is 16.5 Å². The largest absolute Gasteiger partial charge is 0.489 e. The highest BCUT2D eigenvalue weighted by molar-refractivity contribution is 5.88. The van der Waals surface area contributed by atoms with E-state index in [0.717, 1.165) is 44.1 Å². The Hall–Kier alpha value is -2.78. The molecular weight excluding hydrogens is 438 g/mol. The number of aliphatic hydroxyl groups is 2. The van der Waals surface area contributed by atoms with E-state index in [1.54, 1.807) is 13.0 Å². The monoisotopic (exact) mass is 471 g/mol. The minimum atomic E-state index is -1.04. The van der Waals surface area contributed by atoms with Crippen LogP contribution in [0.4, 0.5) is 0 Å². The van der Waals surface area contributed by atoms with E-state index >= 15 is 0 Å². The van der Waals surface area contributed by atoms with Crippen molar-refractivity contribution in [3.63, 3.8) is 0 Å². The number of aliphatic hydroxyl groups excluding tert-OH is 1. The summed E-state index contributed by atoms with van der Waals surface area (Å²) < 4.78 is 18.8. The molecular formula is C25H33N3O6. The van der Waals surface area contributed by atoms with Gasteiger partial charge in [-0.25, -0.2) is 0 Å². The number of fused-ring (bicyclic) bond motifs is 4. The van der Waals surface area contributed by atoms with E-state index in [1.807, 2.05) is 0 Å². The van der Waals surface area contributed by atoms with E-state index in [-0.39, 0.29) is 42.1 Å². The molecule has 5 rings (SSSR count). The molecule has 2 aliphatic carbocycles. The maximum atomic E-state index is 13.4. The number of nitrogens with two attached hydrogens (primary N) is 2. The zero-order chi connectivity index (χ0) is 24.0. The van der Waals surface area contributed by atoms with Crippen molar-refractivity contribution in [1.29, 1.82) is 0 Å². The topological polar surface area (TPSA) is 154 Å². The Morgan fingerprint density at radius 1 is 1.26 bits per heavy atom. The number of aliphatic imine (C=N–C) groups is 1. The van der Waals surface area contributed by atoms with Gasteiger partial charge in [0.2, 0.25) is 0 Å². The third-order valence-corrected chi connectivity index (χ3v) is 7.41. The molecule has 4 atom stereocenters. The molecule has 9 heteroatoms. The first-order valence-corrected chi connectivity index (χ1v) is 12.2. The van der Waals surface area contributed by atoms with Gasteiger partial charge in [0.05, 0.1) is 11.7 Å². The van der Waals surface area contributed by atoms with Crippen molar-refractivity contribution >= 4 is 16.9 Å². The molecule has 0 unspecified atom stereocenters. The molecule has 1 aromatic carbocycles. The Morgan fingerprint density at radius 2 is 2.03 bits per heavy atom. The third-order valence-electron chi connectivity index (χ3n) is 7.41. The van der Waals surface area contributed by atoms with Crippen LogP contribution in [0.3, 0.4) is 0 Å². The van der Waals surface area contributed by atoms with Gasteiger partial charge in [-0.05, 0) is 51.9 Å². The van der Waals surface area contributed by atoms with Gasteiger partial charge in [0.1, 0.15) is 40.4 Å². The minimum absolute atomic E-state index is 0.0297. The fourth-order valence-electron chi connectivity index (χ4n) is 5.71. The molecule has 0 spiro atoms. The van der Waals surface area contributed by atoms with E-state index < -0.39 is 17.8 Å². The van der Waals surface area contributed by atoms with Crippen LogP contribution in [-0.4, -0.2) is 40.5 Å². The van der Waals surface area contributed by atoms with E-state index in [1.165, 1.54) is 6.07 Å². The molecule has 34 heavy (non-hydrogen) atoms. The highest BCUT2D eigenvalue weighted by Crippen LogP contribution is 2.54. The van der Waals surface area contributed by atoms with Gasteiger partial charge < -0.3 is 35.6 Å². The quantitative estimate of drug-likeness (QED) is 0.370. The van der Waals surface area contributed by atoms with Crippen LogP contribution >= 0.6 is 0 Å². The maximum absolute atomic E-state index is 13.4. The van der Waals surface area contributed by atoms with Gasteiger partial charge in [-0.1, -0.05) is 0 Å². The number of ether oxygens (including phenoxy) is 2. The fraction of sp³-hybridized carbons (Fsp3) is 0.600. The highest BCUT2D eigenvalue weighted by Gasteiger charge is 2.50. The Morgan fingerprint density at radius 3 is 2.76 bits per heavy atom. The van der Waals surface area contributed by atoms with Crippen LogP contribution in [0, 0.1) is 0 Å². The lowest BCUT2D eigenvalue weighted by atomic mass is 9.74. The number of guanidine groups is 1. The lowest BCUT2D eigenvalue weighted by molar-refractivity contribution is -0.0725. The first-order chi connectivity index (χ1) is 16.2. The van der Waals surface area contributed by atoms with Crippen LogP contribution in [0.5, 0.6) is 11.5 Å². The molecule has 9 nitrogen and oxygen atoms in total. The molecule has 2 saturated carbocycles. The zero-order valence-corrected chi connectivity index (χ0v) is 19.5. The fourth-order valence-corrected chi connectivity index (χ4v) is 5.71. The summed E-state index contributed by atoms with van der Waals surface area (Å²) in [5.41, 5.74) is 10.6. The molecule has 0 bridgehead atoms. The maximum Gasteiger partial charge on any atom is 0.196 e. The van der Waals surface area contributed by atoms with Crippen molar-refractivity contribution in [2.75, 3.05) is 6.54 Å². The van der Waals surface area contributed by atoms with Gasteiger partial charge in [0.25, 0.3) is 0 Å². The molecule has 1 aromatic heterocycles. The summed E-state index contributed by atoms with van der Waals surface area (Å²) >= 11 is 0. The molecule has 6 N–H and O–H groups in total. The standard InChI is InChI=1S/C25H33N3O6/c1-25(31)9-4-7-14-20-18(34-23(14)25)12-19-21(22(20)32-13-5-2-3-6-13)16(30)11-17(33-19)15(29)8-10-28-24(26)27/h11-15,23,29,31H,2-10H2,1H3,(H4,26,27,28)/t14-,15+,23-,25-/m0/s1. The molecule has 0 radical (unpaired) electrons. The second-order valence-corrected chi connectivity index (χ2v) is 10.0. The second-order valence-electron chi connectivity index (χ2n) is 10.0. The number of nitrogens with zero attached hydrogens (tertiary/aromatic N) is 1. The molecule has 2 fully saturated rings. The molecule has 1 aliphatic heterocycles. The van der Waals surface area contributed by atoms with Gasteiger partial charge in [0.15, 0.2) is 11.4 Å².